The van der Waals surface area contributed by atoms with Crippen molar-refractivity contribution in [2.45, 2.75) is 26.3 Å². The zero-order chi connectivity index (χ0) is 20.7. The molecule has 0 aromatic heterocycles. The van der Waals surface area contributed by atoms with Crippen LogP contribution in [0.15, 0.2) is 48.5 Å². The van der Waals surface area contributed by atoms with Crippen LogP contribution >= 0.6 is 0 Å². The molecule has 0 aliphatic heterocycles. The molecule has 3 N–H and O–H groups in total. The predicted molar refractivity (Wildman–Crippen MR) is 106 cm³/mol. The summed E-state index contributed by atoms with van der Waals surface area (Å²) in [4.78, 5) is 36.6. The summed E-state index contributed by atoms with van der Waals surface area (Å²) in [5.74, 6) is -1.65. The summed E-state index contributed by atoms with van der Waals surface area (Å²) in [6, 6.07) is 12.0. The summed E-state index contributed by atoms with van der Waals surface area (Å²) in [6.45, 7) is 3.62. The van der Waals surface area contributed by atoms with E-state index in [4.69, 9.17) is 4.74 Å². The highest BCUT2D eigenvalue weighted by atomic mass is 16.5. The van der Waals surface area contributed by atoms with Gasteiger partial charge in [-0.05, 0) is 42.3 Å². The quantitative estimate of drug-likeness (QED) is 0.648. The SMILES string of the molecule is CCC(C)C(NC(=O)c1ccccc1NC(=O)c1ccc(OC)cc1)C(=O)O. The van der Waals surface area contributed by atoms with E-state index in [1.165, 1.54) is 13.2 Å². The molecule has 148 valence electrons. The predicted octanol–water partition coefficient (Wildman–Crippen LogP) is 3.18. The molecule has 0 fully saturated rings. The molecule has 0 radical (unpaired) electrons. The Morgan fingerprint density at radius 3 is 2.25 bits per heavy atom. The highest BCUT2D eigenvalue weighted by Crippen LogP contribution is 2.19. The molecule has 2 amide bonds. The maximum atomic E-state index is 12.7. The minimum Gasteiger partial charge on any atom is -0.497 e. The van der Waals surface area contributed by atoms with Crippen LogP contribution in [0.1, 0.15) is 41.0 Å². The molecule has 28 heavy (non-hydrogen) atoms. The highest BCUT2D eigenvalue weighted by Gasteiger charge is 2.26. The van der Waals surface area contributed by atoms with Gasteiger partial charge in [-0.2, -0.15) is 0 Å². The van der Waals surface area contributed by atoms with Crippen LogP contribution in [0.2, 0.25) is 0 Å². The second-order valence-electron chi connectivity index (χ2n) is 6.40. The van der Waals surface area contributed by atoms with Crippen molar-refractivity contribution in [3.05, 3.63) is 59.7 Å². The molecule has 0 bridgehead atoms. The summed E-state index contributed by atoms with van der Waals surface area (Å²) in [7, 11) is 1.54. The second kappa shape index (κ2) is 9.55. The van der Waals surface area contributed by atoms with Crippen molar-refractivity contribution >= 4 is 23.5 Å². The smallest absolute Gasteiger partial charge is 0.326 e. The highest BCUT2D eigenvalue weighted by molar-refractivity contribution is 6.09. The molecule has 2 rings (SSSR count). The number of benzene rings is 2. The van der Waals surface area contributed by atoms with E-state index in [0.717, 1.165) is 0 Å². The zero-order valence-electron chi connectivity index (χ0n) is 16.1. The number of aliphatic carboxylic acids is 1. The third-order valence-corrected chi connectivity index (χ3v) is 4.54. The summed E-state index contributed by atoms with van der Waals surface area (Å²) in [6.07, 6.45) is 0.604. The molecule has 2 unspecified atom stereocenters. The Balaban J connectivity index is 2.20. The number of rotatable bonds is 8. The van der Waals surface area contributed by atoms with Gasteiger partial charge >= 0.3 is 5.97 Å². The van der Waals surface area contributed by atoms with Crippen LogP contribution in [0.25, 0.3) is 0 Å². The summed E-state index contributed by atoms with van der Waals surface area (Å²) >= 11 is 0. The number of carbonyl (C=O) groups excluding carboxylic acids is 2. The lowest BCUT2D eigenvalue weighted by molar-refractivity contribution is -0.140. The Morgan fingerprint density at radius 2 is 1.68 bits per heavy atom. The Kier molecular flexibility index (Phi) is 7.14. The van der Waals surface area contributed by atoms with Gasteiger partial charge in [-0.15, -0.1) is 0 Å². The van der Waals surface area contributed by atoms with Crippen LogP contribution in [0.4, 0.5) is 5.69 Å². The fourth-order valence-corrected chi connectivity index (χ4v) is 2.63. The molecular weight excluding hydrogens is 360 g/mol. The number of carbonyl (C=O) groups is 3. The first kappa shape index (κ1) is 21.0. The molecule has 0 aliphatic rings. The first-order valence-corrected chi connectivity index (χ1v) is 8.95. The number of ether oxygens (including phenoxy) is 1. The van der Waals surface area contributed by atoms with E-state index in [1.54, 1.807) is 49.4 Å². The number of nitrogens with one attached hydrogen (secondary N) is 2. The van der Waals surface area contributed by atoms with Gasteiger partial charge in [0.25, 0.3) is 11.8 Å². The van der Waals surface area contributed by atoms with Crippen LogP contribution in [0, 0.1) is 5.92 Å². The molecular formula is C21H24N2O5. The van der Waals surface area contributed by atoms with Gasteiger partial charge in [0.2, 0.25) is 0 Å². The van der Waals surface area contributed by atoms with Gasteiger partial charge in [-0.25, -0.2) is 4.79 Å². The lowest BCUT2D eigenvalue weighted by Crippen LogP contribution is -2.45. The molecule has 0 saturated heterocycles. The third kappa shape index (κ3) is 5.09. The van der Waals surface area contributed by atoms with Crippen molar-refractivity contribution in [1.82, 2.24) is 5.32 Å². The van der Waals surface area contributed by atoms with E-state index >= 15 is 0 Å². The van der Waals surface area contributed by atoms with Crippen LogP contribution in [0.3, 0.4) is 0 Å². The van der Waals surface area contributed by atoms with Gasteiger partial charge in [-0.1, -0.05) is 32.4 Å². The Bertz CT molecular complexity index is 848. The lowest BCUT2D eigenvalue weighted by atomic mass is 9.98. The maximum Gasteiger partial charge on any atom is 0.326 e. The standard InChI is InChI=1S/C21H24N2O5/c1-4-13(2)18(21(26)27)23-20(25)16-7-5-6-8-17(16)22-19(24)14-9-11-15(28-3)12-10-14/h5-13,18H,4H2,1-3H3,(H,22,24)(H,23,25)(H,26,27). The molecule has 0 spiro atoms. The van der Waals surface area contributed by atoms with Gasteiger partial charge in [0.15, 0.2) is 0 Å². The van der Waals surface area contributed by atoms with Crippen molar-refractivity contribution < 1.29 is 24.2 Å². The van der Waals surface area contributed by atoms with E-state index in [1.807, 2.05) is 6.92 Å². The van der Waals surface area contributed by atoms with Crippen molar-refractivity contribution in [1.29, 1.82) is 0 Å². The number of hydrogen-bond donors (Lipinski definition) is 3. The van der Waals surface area contributed by atoms with Crippen LogP contribution in [-0.2, 0) is 4.79 Å². The van der Waals surface area contributed by atoms with Crippen LogP contribution in [-0.4, -0.2) is 36.0 Å². The minimum atomic E-state index is -1.09. The summed E-state index contributed by atoms with van der Waals surface area (Å²) in [5, 5.41) is 14.6. The van der Waals surface area contributed by atoms with Crippen molar-refractivity contribution in [2.75, 3.05) is 12.4 Å². The van der Waals surface area contributed by atoms with Gasteiger partial charge in [0, 0.05) is 5.56 Å². The number of para-hydroxylation sites is 1. The molecule has 2 aromatic rings. The normalized spacial score (nSPS) is 12.5. The largest absolute Gasteiger partial charge is 0.497 e. The van der Waals surface area contributed by atoms with E-state index in [9.17, 15) is 19.5 Å². The molecule has 7 nitrogen and oxygen atoms in total. The average molecular weight is 384 g/mol. The second-order valence-corrected chi connectivity index (χ2v) is 6.40. The van der Waals surface area contributed by atoms with Crippen molar-refractivity contribution in [3.8, 4) is 5.75 Å². The van der Waals surface area contributed by atoms with Gasteiger partial charge < -0.3 is 20.5 Å². The number of carboxylic acids is 1. The number of carboxylic acid groups (broad SMARTS) is 1. The number of anilines is 1. The van der Waals surface area contributed by atoms with Crippen LogP contribution < -0.4 is 15.4 Å². The minimum absolute atomic E-state index is 0.193. The Labute approximate surface area is 163 Å². The fraction of sp³-hybridized carbons (Fsp3) is 0.286. The Hall–Kier alpha value is -3.35. The van der Waals surface area contributed by atoms with Crippen LogP contribution in [0.5, 0.6) is 5.75 Å². The van der Waals surface area contributed by atoms with E-state index < -0.39 is 17.9 Å². The first-order valence-electron chi connectivity index (χ1n) is 8.95. The topological polar surface area (TPSA) is 105 Å². The van der Waals surface area contributed by atoms with E-state index in [-0.39, 0.29) is 17.4 Å². The van der Waals surface area contributed by atoms with Gasteiger partial charge in [0.05, 0.1) is 18.4 Å². The van der Waals surface area contributed by atoms with Crippen molar-refractivity contribution in [2.24, 2.45) is 5.92 Å². The lowest BCUT2D eigenvalue weighted by Gasteiger charge is -2.21. The number of amides is 2. The van der Waals surface area contributed by atoms with Crippen molar-refractivity contribution in [3.63, 3.8) is 0 Å². The first-order chi connectivity index (χ1) is 13.4. The number of hydrogen-bond acceptors (Lipinski definition) is 4. The van der Waals surface area contributed by atoms with E-state index in [2.05, 4.69) is 10.6 Å². The average Bonchev–Trinajstić information content (AvgIpc) is 2.71. The van der Waals surface area contributed by atoms with Gasteiger partial charge in [0.1, 0.15) is 11.8 Å². The molecule has 0 aliphatic carbocycles. The third-order valence-electron chi connectivity index (χ3n) is 4.54. The number of methoxy groups -OCH3 is 1. The summed E-state index contributed by atoms with van der Waals surface area (Å²) < 4.78 is 5.07. The Morgan fingerprint density at radius 1 is 1.04 bits per heavy atom. The molecule has 7 heteroatoms. The fourth-order valence-electron chi connectivity index (χ4n) is 2.63. The summed E-state index contributed by atoms with van der Waals surface area (Å²) in [5.41, 5.74) is 0.895. The van der Waals surface area contributed by atoms with Gasteiger partial charge in [-0.3, -0.25) is 9.59 Å². The van der Waals surface area contributed by atoms with E-state index in [0.29, 0.717) is 23.4 Å². The molecule has 2 atom stereocenters. The monoisotopic (exact) mass is 384 g/mol. The zero-order valence-corrected chi connectivity index (χ0v) is 16.1. The molecule has 0 saturated carbocycles. The molecule has 0 heterocycles. The molecule has 2 aromatic carbocycles. The maximum absolute atomic E-state index is 12.7.